The number of carbonyl (C=O) groups excluding carboxylic acids is 1. The van der Waals surface area contributed by atoms with Crippen LogP contribution in [0.1, 0.15) is 31.4 Å². The first kappa shape index (κ1) is 18.5. The van der Waals surface area contributed by atoms with E-state index in [0.717, 1.165) is 29.8 Å². The molecular formula is C20H25N3O2. The van der Waals surface area contributed by atoms with E-state index in [-0.39, 0.29) is 12.5 Å². The molecule has 0 aliphatic rings. The van der Waals surface area contributed by atoms with E-state index in [1.54, 1.807) is 7.11 Å². The van der Waals surface area contributed by atoms with E-state index in [4.69, 9.17) is 4.74 Å². The van der Waals surface area contributed by atoms with Gasteiger partial charge in [-0.2, -0.15) is 5.10 Å². The Morgan fingerprint density at radius 3 is 2.52 bits per heavy atom. The van der Waals surface area contributed by atoms with Crippen LogP contribution in [0.2, 0.25) is 0 Å². The van der Waals surface area contributed by atoms with Crippen LogP contribution in [0.4, 0.5) is 5.69 Å². The molecule has 0 fully saturated rings. The van der Waals surface area contributed by atoms with Gasteiger partial charge in [-0.3, -0.25) is 4.79 Å². The van der Waals surface area contributed by atoms with E-state index in [1.165, 1.54) is 5.56 Å². The molecule has 0 spiro atoms. The van der Waals surface area contributed by atoms with Crippen molar-refractivity contribution < 1.29 is 9.53 Å². The van der Waals surface area contributed by atoms with E-state index in [1.807, 2.05) is 43.3 Å². The Labute approximate surface area is 149 Å². The lowest BCUT2D eigenvalue weighted by molar-refractivity contribution is -0.119. The molecule has 0 bridgehead atoms. The maximum atomic E-state index is 12.0. The van der Waals surface area contributed by atoms with Crippen molar-refractivity contribution in [2.24, 2.45) is 5.10 Å². The topological polar surface area (TPSA) is 62.7 Å². The minimum atomic E-state index is -0.215. The largest absolute Gasteiger partial charge is 0.495 e. The molecule has 0 saturated carbocycles. The second-order valence-electron chi connectivity index (χ2n) is 5.73. The normalized spacial score (nSPS) is 11.1. The Kier molecular flexibility index (Phi) is 7.01. The highest BCUT2D eigenvalue weighted by molar-refractivity contribution is 5.99. The average Bonchev–Trinajstić information content (AvgIpc) is 2.65. The SMILES string of the molecule is CCCc1ccc(/C(C)=N\NC(=O)CNc2ccccc2OC)cc1. The summed E-state index contributed by atoms with van der Waals surface area (Å²) in [4.78, 5) is 12.0. The van der Waals surface area contributed by atoms with Gasteiger partial charge in [0.15, 0.2) is 0 Å². The highest BCUT2D eigenvalue weighted by atomic mass is 16.5. The Hall–Kier alpha value is -2.82. The van der Waals surface area contributed by atoms with Gasteiger partial charge in [0.1, 0.15) is 5.75 Å². The third kappa shape index (κ3) is 5.64. The number of anilines is 1. The number of hydrogen-bond donors (Lipinski definition) is 2. The number of para-hydroxylation sites is 2. The summed E-state index contributed by atoms with van der Waals surface area (Å²) in [6.07, 6.45) is 2.20. The number of hydrazone groups is 1. The lowest BCUT2D eigenvalue weighted by Gasteiger charge is -2.10. The van der Waals surface area contributed by atoms with Gasteiger partial charge in [-0.05, 0) is 36.6 Å². The molecule has 0 saturated heterocycles. The number of aryl methyl sites for hydroxylation is 1. The number of nitrogens with one attached hydrogen (secondary N) is 2. The third-order valence-corrected chi connectivity index (χ3v) is 3.81. The lowest BCUT2D eigenvalue weighted by Crippen LogP contribution is -2.26. The third-order valence-electron chi connectivity index (χ3n) is 3.81. The quantitative estimate of drug-likeness (QED) is 0.570. The zero-order valence-corrected chi connectivity index (χ0v) is 15.0. The first-order valence-electron chi connectivity index (χ1n) is 8.43. The molecular weight excluding hydrogens is 314 g/mol. The number of amides is 1. The van der Waals surface area contributed by atoms with Crippen molar-refractivity contribution in [3.63, 3.8) is 0 Å². The molecule has 25 heavy (non-hydrogen) atoms. The molecule has 5 heteroatoms. The van der Waals surface area contributed by atoms with Gasteiger partial charge in [0.05, 0.1) is 25.1 Å². The van der Waals surface area contributed by atoms with E-state index in [0.29, 0.717) is 5.75 Å². The Balaban J connectivity index is 1.88. The van der Waals surface area contributed by atoms with Crippen LogP contribution in [0.3, 0.4) is 0 Å². The maximum absolute atomic E-state index is 12.0. The fourth-order valence-corrected chi connectivity index (χ4v) is 2.42. The predicted molar refractivity (Wildman–Crippen MR) is 102 cm³/mol. The van der Waals surface area contributed by atoms with Gasteiger partial charge in [-0.25, -0.2) is 5.43 Å². The molecule has 0 heterocycles. The van der Waals surface area contributed by atoms with Crippen LogP contribution in [0, 0.1) is 0 Å². The number of methoxy groups -OCH3 is 1. The fraction of sp³-hybridized carbons (Fsp3) is 0.300. The number of nitrogens with zero attached hydrogens (tertiary/aromatic N) is 1. The van der Waals surface area contributed by atoms with Gasteiger partial charge in [-0.15, -0.1) is 0 Å². The van der Waals surface area contributed by atoms with E-state index >= 15 is 0 Å². The van der Waals surface area contributed by atoms with Crippen molar-refractivity contribution in [2.45, 2.75) is 26.7 Å². The fourth-order valence-electron chi connectivity index (χ4n) is 2.42. The van der Waals surface area contributed by atoms with Crippen molar-refractivity contribution >= 4 is 17.3 Å². The van der Waals surface area contributed by atoms with Crippen LogP contribution >= 0.6 is 0 Å². The van der Waals surface area contributed by atoms with Gasteiger partial charge in [-0.1, -0.05) is 49.7 Å². The number of ether oxygens (including phenoxy) is 1. The molecule has 132 valence electrons. The number of benzene rings is 2. The van der Waals surface area contributed by atoms with Crippen molar-refractivity contribution in [2.75, 3.05) is 19.0 Å². The summed E-state index contributed by atoms with van der Waals surface area (Å²) in [6.45, 7) is 4.16. The predicted octanol–water partition coefficient (Wildman–Crippen LogP) is 3.60. The Morgan fingerprint density at radius 2 is 1.84 bits per heavy atom. The van der Waals surface area contributed by atoms with Crippen LogP contribution in [-0.2, 0) is 11.2 Å². The number of hydrogen-bond acceptors (Lipinski definition) is 4. The van der Waals surface area contributed by atoms with Crippen LogP contribution in [0.25, 0.3) is 0 Å². The smallest absolute Gasteiger partial charge is 0.259 e. The van der Waals surface area contributed by atoms with Gasteiger partial charge < -0.3 is 10.1 Å². The minimum Gasteiger partial charge on any atom is -0.495 e. The molecule has 2 aromatic rings. The first-order chi connectivity index (χ1) is 12.1. The van der Waals surface area contributed by atoms with Gasteiger partial charge in [0, 0.05) is 0 Å². The second kappa shape index (κ2) is 9.47. The zero-order valence-electron chi connectivity index (χ0n) is 15.0. The Morgan fingerprint density at radius 1 is 1.12 bits per heavy atom. The molecule has 2 N–H and O–H groups in total. The molecule has 0 radical (unpaired) electrons. The number of rotatable bonds is 8. The maximum Gasteiger partial charge on any atom is 0.259 e. The molecule has 0 aromatic heterocycles. The summed E-state index contributed by atoms with van der Waals surface area (Å²) in [7, 11) is 1.60. The van der Waals surface area contributed by atoms with Gasteiger partial charge in [0.2, 0.25) is 0 Å². The van der Waals surface area contributed by atoms with Crippen LogP contribution in [-0.4, -0.2) is 25.3 Å². The lowest BCUT2D eigenvalue weighted by atomic mass is 10.1. The van der Waals surface area contributed by atoms with Crippen molar-refractivity contribution in [1.29, 1.82) is 0 Å². The standard InChI is InChI=1S/C20H25N3O2/c1-4-7-16-10-12-17(13-11-16)15(2)22-23-20(24)14-21-18-8-5-6-9-19(18)25-3/h5-6,8-13,21H,4,7,14H2,1-3H3,(H,23,24)/b22-15-. The average molecular weight is 339 g/mol. The van der Waals surface area contributed by atoms with Crippen LogP contribution in [0.5, 0.6) is 5.75 Å². The zero-order chi connectivity index (χ0) is 18.1. The van der Waals surface area contributed by atoms with E-state index in [9.17, 15) is 4.79 Å². The monoisotopic (exact) mass is 339 g/mol. The summed E-state index contributed by atoms with van der Waals surface area (Å²) in [6, 6.07) is 15.7. The molecule has 0 aliphatic heterocycles. The molecule has 2 rings (SSSR count). The first-order valence-corrected chi connectivity index (χ1v) is 8.43. The summed E-state index contributed by atoms with van der Waals surface area (Å²) >= 11 is 0. The van der Waals surface area contributed by atoms with Gasteiger partial charge >= 0.3 is 0 Å². The highest BCUT2D eigenvalue weighted by Gasteiger charge is 2.05. The molecule has 1 amide bonds. The van der Waals surface area contributed by atoms with Crippen molar-refractivity contribution in [3.05, 3.63) is 59.7 Å². The summed E-state index contributed by atoms with van der Waals surface area (Å²) in [5, 5.41) is 7.21. The minimum absolute atomic E-state index is 0.118. The van der Waals surface area contributed by atoms with Gasteiger partial charge in [0.25, 0.3) is 5.91 Å². The Bertz CT molecular complexity index is 724. The number of carbonyl (C=O) groups is 1. The summed E-state index contributed by atoms with van der Waals surface area (Å²) < 4.78 is 5.24. The summed E-state index contributed by atoms with van der Waals surface area (Å²) in [5.41, 5.74) is 6.42. The van der Waals surface area contributed by atoms with E-state index in [2.05, 4.69) is 34.9 Å². The van der Waals surface area contributed by atoms with Crippen molar-refractivity contribution in [1.82, 2.24) is 5.43 Å². The highest BCUT2D eigenvalue weighted by Crippen LogP contribution is 2.22. The van der Waals surface area contributed by atoms with E-state index < -0.39 is 0 Å². The molecule has 5 nitrogen and oxygen atoms in total. The van der Waals surface area contributed by atoms with Crippen LogP contribution in [0.15, 0.2) is 53.6 Å². The molecule has 0 atom stereocenters. The second-order valence-corrected chi connectivity index (χ2v) is 5.73. The van der Waals surface area contributed by atoms with Crippen LogP contribution < -0.4 is 15.5 Å². The summed E-state index contributed by atoms with van der Waals surface area (Å²) in [5.74, 6) is 0.481. The molecule has 0 unspecified atom stereocenters. The van der Waals surface area contributed by atoms with Crippen molar-refractivity contribution in [3.8, 4) is 5.75 Å². The molecule has 2 aromatic carbocycles. The molecule has 0 aliphatic carbocycles.